The van der Waals surface area contributed by atoms with Crippen LogP contribution in [0.4, 0.5) is 0 Å². The van der Waals surface area contributed by atoms with Crippen molar-refractivity contribution in [1.82, 2.24) is 4.98 Å². The summed E-state index contributed by atoms with van der Waals surface area (Å²) in [7, 11) is 0. The molecule has 5 aromatic rings. The third kappa shape index (κ3) is 5.92. The van der Waals surface area contributed by atoms with Crippen molar-refractivity contribution in [1.29, 1.82) is 0 Å². The molecule has 0 amide bonds. The zero-order valence-electron chi connectivity index (χ0n) is 21.9. The second kappa shape index (κ2) is 11.7. The molecule has 171 valence electrons. The van der Waals surface area contributed by atoms with E-state index in [4.69, 9.17) is 4.11 Å². The van der Waals surface area contributed by atoms with Crippen LogP contribution in [-0.2, 0) is 20.1 Å². The van der Waals surface area contributed by atoms with Crippen LogP contribution in [0.5, 0.6) is 0 Å². The molecule has 0 saturated carbocycles. The van der Waals surface area contributed by atoms with E-state index in [1.165, 1.54) is 28.4 Å². The monoisotopic (exact) mass is 630 g/mol. The number of aromatic nitrogens is 1. The van der Waals surface area contributed by atoms with Crippen LogP contribution in [0.1, 0.15) is 15.2 Å². The minimum absolute atomic E-state index is 0. The van der Waals surface area contributed by atoms with Crippen molar-refractivity contribution in [2.45, 2.75) is 6.85 Å². The Morgan fingerprint density at radius 1 is 0.771 bits per heavy atom. The number of benzene rings is 4. The Labute approximate surface area is 225 Å². The van der Waals surface area contributed by atoms with Gasteiger partial charge in [0.15, 0.2) is 0 Å². The van der Waals surface area contributed by atoms with Crippen molar-refractivity contribution < 1.29 is 24.2 Å². The summed E-state index contributed by atoms with van der Waals surface area (Å²) >= 11 is 0. The van der Waals surface area contributed by atoms with Gasteiger partial charge in [0.25, 0.3) is 0 Å². The molecule has 0 atom stereocenters. The van der Waals surface area contributed by atoms with E-state index in [1.54, 1.807) is 18.2 Å². The molecule has 4 aromatic carbocycles. The van der Waals surface area contributed by atoms with Gasteiger partial charge in [0.2, 0.25) is 0 Å². The van der Waals surface area contributed by atoms with E-state index in [2.05, 4.69) is 70.6 Å². The van der Waals surface area contributed by atoms with Gasteiger partial charge in [0.1, 0.15) is 0 Å². The molecule has 0 unspecified atom stereocenters. The zero-order valence-corrected chi connectivity index (χ0v) is 21.2. The first-order valence-electron chi connectivity index (χ1n) is 12.6. The van der Waals surface area contributed by atoms with Crippen molar-refractivity contribution in [3.05, 3.63) is 139 Å². The third-order valence-corrected chi connectivity index (χ3v) is 5.63. The molecule has 0 saturated heterocycles. The second-order valence-corrected chi connectivity index (χ2v) is 7.92. The fraction of sp³-hybridized carbons (Fsp3) is 0.0323. The van der Waals surface area contributed by atoms with Crippen molar-refractivity contribution in [3.8, 4) is 22.4 Å². The Morgan fingerprint density at radius 3 is 2.26 bits per heavy atom. The number of hydrogen-bond donors (Lipinski definition) is 0. The average Bonchev–Trinajstić information content (AvgIpc) is 3.38. The summed E-state index contributed by atoms with van der Waals surface area (Å²) < 4.78 is 21.7. The van der Waals surface area contributed by atoms with Gasteiger partial charge < -0.3 is 9.89 Å². The Balaban J connectivity index is 0.000000179. The fourth-order valence-electron chi connectivity index (χ4n) is 3.91. The van der Waals surface area contributed by atoms with E-state index >= 15 is 0 Å². The fourth-order valence-corrected chi connectivity index (χ4v) is 3.91. The van der Waals surface area contributed by atoms with Gasteiger partial charge in [-0.15, -0.1) is 35.9 Å². The van der Waals surface area contributed by atoms with Gasteiger partial charge >= 0.3 is 6.85 Å². The minimum atomic E-state index is -2.09. The number of nitrogens with zero attached hydrogens (tertiary/aromatic N) is 2. The molecule has 0 aliphatic carbocycles. The van der Waals surface area contributed by atoms with E-state index in [9.17, 15) is 0 Å². The maximum Gasteiger partial charge on any atom is 0.320 e. The van der Waals surface area contributed by atoms with E-state index in [0.29, 0.717) is 0 Å². The van der Waals surface area contributed by atoms with Gasteiger partial charge in [0.05, 0.1) is 0 Å². The number of fused-ring (bicyclic) bond motifs is 1. The zero-order chi connectivity index (χ0) is 25.7. The van der Waals surface area contributed by atoms with Gasteiger partial charge in [-0.25, -0.2) is 0 Å². The number of hydrogen-bond acceptors (Lipinski definition) is 2. The van der Waals surface area contributed by atoms with E-state index < -0.39 is 6.85 Å². The van der Waals surface area contributed by atoms with Crippen LogP contribution in [0.25, 0.3) is 22.4 Å². The largest absolute Gasteiger partial charge is 0.338 e. The second-order valence-electron chi connectivity index (χ2n) is 7.92. The summed E-state index contributed by atoms with van der Waals surface area (Å²) in [5, 5.41) is 0. The molecular formula is C31H23BIrN2-2. The molecule has 0 fully saturated rings. The van der Waals surface area contributed by atoms with Gasteiger partial charge in [-0.3, -0.25) is 0 Å². The standard InChI is InChI=1S/C19H13BN.C12H10N.Ir/c1-3-7-15(8-4-1)16-11-12-19-17(13-16)14-21-20(19)18-9-5-2-6-10-18;1-10-7-8-12(13-9-10)11-5-3-2-4-6-11;/h1-9,11-14H;2-5,7-9H,1H3;/q2*-1;/i;1D3;. The van der Waals surface area contributed by atoms with Crippen LogP contribution in [0.15, 0.2) is 120 Å². The molecule has 6 rings (SSSR count). The molecule has 4 heteroatoms. The molecule has 2 nitrogen and oxygen atoms in total. The summed E-state index contributed by atoms with van der Waals surface area (Å²) in [5.41, 5.74) is 7.91. The Kier molecular flexibility index (Phi) is 6.94. The van der Waals surface area contributed by atoms with Gasteiger partial charge in [-0.1, -0.05) is 54.6 Å². The Bertz CT molecular complexity index is 1490. The molecule has 0 bridgehead atoms. The van der Waals surface area contributed by atoms with Crippen LogP contribution in [0.3, 0.4) is 0 Å². The summed E-state index contributed by atoms with van der Waals surface area (Å²) in [6.45, 7) is -2.00. The number of aryl methyl sites for hydroxylation is 1. The maximum atomic E-state index is 7.23. The molecule has 1 radical (unpaired) electrons. The molecule has 0 N–H and O–H groups in total. The number of rotatable bonds is 3. The first kappa shape index (κ1) is 20.8. The van der Waals surface area contributed by atoms with Crippen LogP contribution >= 0.6 is 0 Å². The van der Waals surface area contributed by atoms with E-state index in [0.717, 1.165) is 16.7 Å². The van der Waals surface area contributed by atoms with Crippen molar-refractivity contribution in [2.24, 2.45) is 4.90 Å². The van der Waals surface area contributed by atoms with Gasteiger partial charge in [-0.2, -0.15) is 35.8 Å². The average molecular weight is 630 g/mol. The van der Waals surface area contributed by atoms with Crippen LogP contribution in [-0.4, -0.2) is 18.0 Å². The van der Waals surface area contributed by atoms with Crippen molar-refractivity contribution >= 4 is 24.0 Å². The van der Waals surface area contributed by atoms with Crippen LogP contribution in [0.2, 0.25) is 0 Å². The Hall–Kier alpha value is -3.59. The number of pyridine rings is 1. The molecule has 2 heterocycles. The van der Waals surface area contributed by atoms with Crippen molar-refractivity contribution in [2.75, 3.05) is 0 Å². The predicted octanol–water partition coefficient (Wildman–Crippen LogP) is 5.55. The SMILES string of the molecule is [2H]C([2H])([2H])c1ccc(-c2[c-]cccc2)nc1.[Ir].[c-]1ccccc1B1N=Cc2cc(-c3ccccc3)ccc21. The molecule has 35 heavy (non-hydrogen) atoms. The summed E-state index contributed by atoms with van der Waals surface area (Å²) in [6.07, 6.45) is 3.37. The normalized spacial score (nSPS) is 12.8. The molecule has 0 spiro atoms. The van der Waals surface area contributed by atoms with Gasteiger partial charge in [-0.05, 0) is 46.3 Å². The van der Waals surface area contributed by atoms with Crippen LogP contribution in [0, 0.1) is 19.0 Å². The minimum Gasteiger partial charge on any atom is -0.338 e. The van der Waals surface area contributed by atoms with E-state index in [1.807, 2.05) is 48.7 Å². The predicted molar refractivity (Wildman–Crippen MR) is 143 cm³/mol. The molecule has 1 aromatic heterocycles. The quantitative estimate of drug-likeness (QED) is 0.190. The molecule has 1 aliphatic heterocycles. The summed E-state index contributed by atoms with van der Waals surface area (Å²) in [5.74, 6) is 0. The topological polar surface area (TPSA) is 25.2 Å². The van der Waals surface area contributed by atoms with E-state index in [-0.39, 0.29) is 32.5 Å². The summed E-state index contributed by atoms with van der Waals surface area (Å²) in [6, 6.07) is 42.2. The molecule has 1 aliphatic rings. The van der Waals surface area contributed by atoms with Crippen molar-refractivity contribution in [3.63, 3.8) is 0 Å². The summed E-state index contributed by atoms with van der Waals surface area (Å²) in [4.78, 5) is 8.78. The first-order chi connectivity index (χ1) is 18.0. The first-order valence-corrected chi connectivity index (χ1v) is 11.1. The smallest absolute Gasteiger partial charge is 0.320 e. The Morgan fingerprint density at radius 2 is 1.57 bits per heavy atom. The van der Waals surface area contributed by atoms with Crippen LogP contribution < -0.4 is 10.9 Å². The third-order valence-electron chi connectivity index (χ3n) is 5.63. The maximum absolute atomic E-state index is 7.23. The molecular weight excluding hydrogens is 603 g/mol. The van der Waals surface area contributed by atoms with Gasteiger partial charge in [0, 0.05) is 36.6 Å².